The number of sulfone groups is 1. The molecule has 2 rings (SSSR count). The number of hydrogen-bond donors (Lipinski definition) is 0. The smallest absolute Gasteiger partial charge is 0.162 e. The minimum absolute atomic E-state index is 0.117. The Kier molecular flexibility index (Phi) is 5.81. The van der Waals surface area contributed by atoms with E-state index in [0.717, 1.165) is 13.1 Å². The summed E-state index contributed by atoms with van der Waals surface area (Å²) in [7, 11) is -3.28. The zero-order valence-corrected chi connectivity index (χ0v) is 13.4. The van der Waals surface area contributed by atoms with Gasteiger partial charge in [0.05, 0.1) is 19.0 Å². The van der Waals surface area contributed by atoms with Crippen LogP contribution in [0.1, 0.15) is 10.8 Å². The summed E-state index contributed by atoms with van der Waals surface area (Å²) in [6.07, 6.45) is 1.48. The number of ether oxygens (including phenoxy) is 1. The van der Waals surface area contributed by atoms with Gasteiger partial charge in [-0.2, -0.15) is 0 Å². The van der Waals surface area contributed by atoms with E-state index >= 15 is 0 Å². The molecule has 116 valence electrons. The monoisotopic (exact) mass is 329 g/mol. The number of benzene rings is 1. The molecule has 0 aromatic heterocycles. The molecular formula is C15H20ClNO3S. The molecule has 1 heterocycles. The van der Waals surface area contributed by atoms with Crippen LogP contribution >= 0.6 is 11.6 Å². The first-order valence-corrected chi connectivity index (χ1v) is 9.02. The predicted molar refractivity (Wildman–Crippen MR) is 85.4 cm³/mol. The van der Waals surface area contributed by atoms with Crippen molar-refractivity contribution in [3.63, 3.8) is 0 Å². The Morgan fingerprint density at radius 1 is 1.29 bits per heavy atom. The van der Waals surface area contributed by atoms with Crippen molar-refractivity contribution in [3.05, 3.63) is 47.5 Å². The van der Waals surface area contributed by atoms with E-state index in [1.807, 2.05) is 0 Å². The fourth-order valence-electron chi connectivity index (χ4n) is 2.35. The normalized spacial score (nSPS) is 18.3. The van der Waals surface area contributed by atoms with E-state index in [1.165, 1.54) is 6.08 Å². The van der Waals surface area contributed by atoms with E-state index in [9.17, 15) is 8.42 Å². The lowest BCUT2D eigenvalue weighted by molar-refractivity contribution is 0.0408. The summed E-state index contributed by atoms with van der Waals surface area (Å²) in [6, 6.07) is 6.87. The summed E-state index contributed by atoms with van der Waals surface area (Å²) >= 11 is 5.84. The zero-order chi connectivity index (χ0) is 15.3. The summed E-state index contributed by atoms with van der Waals surface area (Å²) in [5, 5.41) is -0.0944. The summed E-state index contributed by atoms with van der Waals surface area (Å²) in [6.45, 7) is 7.12. The van der Waals surface area contributed by atoms with Gasteiger partial charge in [0.2, 0.25) is 0 Å². The van der Waals surface area contributed by atoms with Gasteiger partial charge in [0.15, 0.2) is 9.84 Å². The minimum atomic E-state index is -3.28. The van der Waals surface area contributed by atoms with Gasteiger partial charge in [-0.1, -0.05) is 29.8 Å². The summed E-state index contributed by atoms with van der Waals surface area (Å²) in [4.78, 5) is 2.11. The van der Waals surface area contributed by atoms with Crippen LogP contribution in [0, 0.1) is 0 Å². The fraction of sp³-hybridized carbons (Fsp3) is 0.467. The molecule has 21 heavy (non-hydrogen) atoms. The first-order chi connectivity index (χ1) is 10.0. The van der Waals surface area contributed by atoms with Crippen LogP contribution in [0.15, 0.2) is 36.9 Å². The van der Waals surface area contributed by atoms with Crippen LogP contribution in [-0.2, 0) is 14.6 Å². The average molecular weight is 330 g/mol. The highest BCUT2D eigenvalue weighted by Crippen LogP contribution is 2.25. The standard InChI is InChI=1S/C15H20ClNO3S/c1-2-15(13-3-5-14(16)6-4-13)21(18,19)12-9-17-7-10-20-11-8-17/h2-6,15H,1,7-12H2. The molecule has 0 saturated carbocycles. The molecule has 0 radical (unpaired) electrons. The molecule has 1 aliphatic heterocycles. The largest absolute Gasteiger partial charge is 0.379 e. The molecule has 0 aliphatic carbocycles. The zero-order valence-electron chi connectivity index (χ0n) is 11.9. The van der Waals surface area contributed by atoms with Crippen molar-refractivity contribution >= 4 is 21.4 Å². The quantitative estimate of drug-likeness (QED) is 0.751. The van der Waals surface area contributed by atoms with Gasteiger partial charge < -0.3 is 4.74 Å². The maximum absolute atomic E-state index is 12.5. The maximum Gasteiger partial charge on any atom is 0.162 e. The first-order valence-electron chi connectivity index (χ1n) is 6.92. The molecule has 0 spiro atoms. The Labute approximate surface area is 131 Å². The molecule has 4 nitrogen and oxygen atoms in total. The molecule has 1 atom stereocenters. The van der Waals surface area contributed by atoms with Crippen molar-refractivity contribution in [3.8, 4) is 0 Å². The Hall–Kier alpha value is -0.880. The second-order valence-electron chi connectivity index (χ2n) is 5.03. The predicted octanol–water partition coefficient (Wildman–Crippen LogP) is 2.31. The van der Waals surface area contributed by atoms with Gasteiger partial charge in [0.25, 0.3) is 0 Å². The van der Waals surface area contributed by atoms with Crippen LogP contribution in [-0.4, -0.2) is 51.9 Å². The van der Waals surface area contributed by atoms with Crippen LogP contribution in [0.2, 0.25) is 5.02 Å². The van der Waals surface area contributed by atoms with Crippen molar-refractivity contribution < 1.29 is 13.2 Å². The van der Waals surface area contributed by atoms with E-state index in [1.54, 1.807) is 24.3 Å². The SMILES string of the molecule is C=CC(c1ccc(Cl)cc1)S(=O)(=O)CCN1CCOCC1. The Morgan fingerprint density at radius 2 is 1.90 bits per heavy atom. The van der Waals surface area contributed by atoms with Crippen molar-refractivity contribution in [1.29, 1.82) is 0 Å². The molecule has 1 fully saturated rings. The van der Waals surface area contributed by atoms with Crippen molar-refractivity contribution in [1.82, 2.24) is 4.90 Å². The minimum Gasteiger partial charge on any atom is -0.379 e. The number of halogens is 1. The topological polar surface area (TPSA) is 46.6 Å². The number of nitrogens with zero attached hydrogens (tertiary/aromatic N) is 1. The van der Waals surface area contributed by atoms with E-state index < -0.39 is 15.1 Å². The second kappa shape index (κ2) is 7.40. The summed E-state index contributed by atoms with van der Waals surface area (Å²) < 4.78 is 30.3. The summed E-state index contributed by atoms with van der Waals surface area (Å²) in [5.41, 5.74) is 0.705. The van der Waals surface area contributed by atoms with E-state index in [0.29, 0.717) is 30.3 Å². The van der Waals surface area contributed by atoms with E-state index in [2.05, 4.69) is 11.5 Å². The highest BCUT2D eigenvalue weighted by Gasteiger charge is 2.25. The summed E-state index contributed by atoms with van der Waals surface area (Å²) in [5.74, 6) is 0.117. The van der Waals surface area contributed by atoms with Gasteiger partial charge in [0, 0.05) is 24.7 Å². The van der Waals surface area contributed by atoms with Crippen LogP contribution in [0.4, 0.5) is 0 Å². The molecule has 6 heteroatoms. The van der Waals surface area contributed by atoms with Crippen LogP contribution in [0.25, 0.3) is 0 Å². The third-order valence-electron chi connectivity index (χ3n) is 3.60. The van der Waals surface area contributed by atoms with Gasteiger partial charge in [-0.05, 0) is 17.7 Å². The third-order valence-corrected chi connectivity index (χ3v) is 5.84. The van der Waals surface area contributed by atoms with Gasteiger partial charge >= 0.3 is 0 Å². The van der Waals surface area contributed by atoms with Gasteiger partial charge in [-0.15, -0.1) is 6.58 Å². The average Bonchev–Trinajstić information content (AvgIpc) is 2.49. The van der Waals surface area contributed by atoms with Gasteiger partial charge in [-0.25, -0.2) is 8.42 Å². The molecule has 1 aliphatic rings. The molecular weight excluding hydrogens is 310 g/mol. The lowest BCUT2D eigenvalue weighted by atomic mass is 10.1. The molecule has 0 N–H and O–H groups in total. The fourth-order valence-corrected chi connectivity index (χ4v) is 4.11. The van der Waals surface area contributed by atoms with E-state index in [-0.39, 0.29) is 5.75 Å². The highest BCUT2D eigenvalue weighted by molar-refractivity contribution is 7.91. The Balaban J connectivity index is 2.04. The Morgan fingerprint density at radius 3 is 2.48 bits per heavy atom. The molecule has 1 aromatic carbocycles. The van der Waals surface area contributed by atoms with E-state index in [4.69, 9.17) is 16.3 Å². The maximum atomic E-state index is 12.5. The van der Waals surface area contributed by atoms with Gasteiger partial charge in [-0.3, -0.25) is 4.90 Å². The first kappa shape index (κ1) is 16.5. The Bertz CT molecular complexity index is 565. The third kappa shape index (κ3) is 4.54. The number of hydrogen-bond acceptors (Lipinski definition) is 4. The highest BCUT2D eigenvalue weighted by atomic mass is 35.5. The van der Waals surface area contributed by atoms with Crippen molar-refractivity contribution in [2.75, 3.05) is 38.6 Å². The van der Waals surface area contributed by atoms with Crippen LogP contribution < -0.4 is 0 Å². The molecule has 1 saturated heterocycles. The molecule has 0 bridgehead atoms. The lowest BCUT2D eigenvalue weighted by Crippen LogP contribution is -2.39. The molecule has 0 amide bonds. The lowest BCUT2D eigenvalue weighted by Gasteiger charge is -2.27. The molecule has 1 unspecified atom stereocenters. The van der Waals surface area contributed by atoms with Crippen molar-refractivity contribution in [2.24, 2.45) is 0 Å². The van der Waals surface area contributed by atoms with Crippen LogP contribution in [0.3, 0.4) is 0 Å². The van der Waals surface area contributed by atoms with Gasteiger partial charge in [0.1, 0.15) is 5.25 Å². The van der Waals surface area contributed by atoms with Crippen molar-refractivity contribution in [2.45, 2.75) is 5.25 Å². The number of morpholine rings is 1. The second-order valence-corrected chi connectivity index (χ2v) is 7.71. The molecule has 1 aromatic rings. The number of rotatable bonds is 6. The van der Waals surface area contributed by atoms with Crippen LogP contribution in [0.5, 0.6) is 0 Å².